The Hall–Kier alpha value is -2.78. The lowest BCUT2D eigenvalue weighted by atomic mass is 10.0. The fraction of sp³-hybridized carbons (Fsp3) is 0.333. The molecule has 1 atom stereocenters. The van der Waals surface area contributed by atoms with Crippen LogP contribution in [0.5, 0.6) is 0 Å². The molecule has 1 aromatic carbocycles. The van der Waals surface area contributed by atoms with Gasteiger partial charge in [0.2, 0.25) is 0 Å². The molecule has 0 saturated carbocycles. The molecule has 1 unspecified atom stereocenters. The number of aliphatic carboxylic acids is 1. The van der Waals surface area contributed by atoms with Crippen molar-refractivity contribution in [2.24, 2.45) is 0 Å². The van der Waals surface area contributed by atoms with E-state index >= 15 is 0 Å². The number of rotatable bonds is 8. The van der Waals surface area contributed by atoms with E-state index in [2.05, 4.69) is 4.99 Å². The number of carboxylic acids is 2. The molecule has 0 fully saturated rings. The first kappa shape index (κ1) is 17.6. The van der Waals surface area contributed by atoms with Crippen LogP contribution in [0.25, 0.3) is 0 Å². The molecule has 0 aliphatic carbocycles. The molecule has 2 N–H and O–H groups in total. The van der Waals surface area contributed by atoms with Crippen molar-refractivity contribution in [3.63, 3.8) is 0 Å². The number of hydrogen-bond donors (Lipinski definition) is 2. The highest BCUT2D eigenvalue weighted by Crippen LogP contribution is 2.27. The second kappa shape index (κ2) is 7.20. The minimum absolute atomic E-state index is 0.134. The average Bonchev–Trinajstić information content (AvgIpc) is 2.79. The van der Waals surface area contributed by atoms with Crippen LogP contribution in [0, 0.1) is 0 Å². The SMILES string of the molecule is CCCCC(OON1C(=O)c2cccc(C(=O)O)c2C1=O)C(=O)O. The van der Waals surface area contributed by atoms with Gasteiger partial charge in [-0.1, -0.05) is 30.8 Å². The third-order valence-electron chi connectivity index (χ3n) is 3.44. The van der Waals surface area contributed by atoms with Gasteiger partial charge in [0.15, 0.2) is 6.10 Å². The van der Waals surface area contributed by atoms with E-state index in [1.54, 1.807) is 0 Å². The molecule has 1 aliphatic heterocycles. The predicted molar refractivity (Wildman–Crippen MR) is 77.0 cm³/mol. The molecule has 0 spiro atoms. The number of benzene rings is 1. The van der Waals surface area contributed by atoms with E-state index in [0.29, 0.717) is 6.42 Å². The lowest BCUT2D eigenvalue weighted by Crippen LogP contribution is -2.34. The van der Waals surface area contributed by atoms with Crippen molar-refractivity contribution < 1.29 is 39.3 Å². The van der Waals surface area contributed by atoms with Crippen LogP contribution < -0.4 is 0 Å². The molecule has 9 nitrogen and oxygen atoms in total. The van der Waals surface area contributed by atoms with Crippen LogP contribution in [0.2, 0.25) is 0 Å². The lowest BCUT2D eigenvalue weighted by molar-refractivity contribution is -0.402. The molecular weight excluding hydrogens is 322 g/mol. The third kappa shape index (κ3) is 3.26. The fourth-order valence-electron chi connectivity index (χ4n) is 2.21. The van der Waals surface area contributed by atoms with E-state index in [1.807, 2.05) is 6.92 Å². The Balaban J connectivity index is 2.18. The Bertz CT molecular complexity index is 699. The van der Waals surface area contributed by atoms with Gasteiger partial charge in [0.05, 0.1) is 16.7 Å². The van der Waals surface area contributed by atoms with Crippen molar-refractivity contribution in [2.75, 3.05) is 0 Å². The zero-order valence-electron chi connectivity index (χ0n) is 12.7. The number of carboxylic acid groups (broad SMARTS) is 2. The first-order valence-corrected chi connectivity index (χ1v) is 7.19. The first-order chi connectivity index (χ1) is 11.4. The third-order valence-corrected chi connectivity index (χ3v) is 3.44. The maximum atomic E-state index is 12.2. The van der Waals surface area contributed by atoms with Crippen LogP contribution in [0.1, 0.15) is 57.3 Å². The van der Waals surface area contributed by atoms with Gasteiger partial charge in [-0.25, -0.2) is 9.59 Å². The number of nitrogens with zero attached hydrogens (tertiary/aromatic N) is 1. The monoisotopic (exact) mass is 337 g/mol. The topological polar surface area (TPSA) is 130 Å². The summed E-state index contributed by atoms with van der Waals surface area (Å²) in [4.78, 5) is 55.9. The standard InChI is InChI=1S/C15H15NO8/c1-2-3-7-10(15(21)22)23-24-16-12(17)8-5-4-6-9(14(19)20)11(8)13(16)18/h4-6,10H,2-3,7H2,1H3,(H,19,20)(H,21,22). The molecule has 2 rings (SSSR count). The number of amides is 2. The molecule has 0 saturated heterocycles. The quantitative estimate of drug-likeness (QED) is 0.414. The molecule has 2 amide bonds. The summed E-state index contributed by atoms with van der Waals surface area (Å²) in [5.41, 5.74) is -0.819. The zero-order chi connectivity index (χ0) is 17.9. The van der Waals surface area contributed by atoms with E-state index in [0.717, 1.165) is 6.42 Å². The molecule has 0 aromatic heterocycles. The molecule has 128 valence electrons. The Morgan fingerprint density at radius 2 is 1.92 bits per heavy atom. The van der Waals surface area contributed by atoms with Gasteiger partial charge in [-0.3, -0.25) is 9.59 Å². The largest absolute Gasteiger partial charge is 0.479 e. The van der Waals surface area contributed by atoms with Crippen LogP contribution in [0.15, 0.2) is 18.2 Å². The first-order valence-electron chi connectivity index (χ1n) is 7.19. The minimum Gasteiger partial charge on any atom is -0.479 e. The summed E-state index contributed by atoms with van der Waals surface area (Å²) in [6.45, 7) is 1.86. The van der Waals surface area contributed by atoms with E-state index in [1.165, 1.54) is 18.2 Å². The summed E-state index contributed by atoms with van der Waals surface area (Å²) < 4.78 is 0. The number of hydrogen-bond acceptors (Lipinski definition) is 6. The lowest BCUT2D eigenvalue weighted by Gasteiger charge is -2.16. The van der Waals surface area contributed by atoms with Crippen LogP contribution in [-0.2, 0) is 14.7 Å². The van der Waals surface area contributed by atoms with Gasteiger partial charge in [-0.15, -0.1) is 5.06 Å². The van der Waals surface area contributed by atoms with E-state index in [-0.39, 0.29) is 28.2 Å². The highest BCUT2D eigenvalue weighted by atomic mass is 17.3. The maximum Gasteiger partial charge on any atom is 0.336 e. The fourth-order valence-corrected chi connectivity index (χ4v) is 2.21. The highest BCUT2D eigenvalue weighted by molar-refractivity contribution is 6.23. The molecule has 1 heterocycles. The smallest absolute Gasteiger partial charge is 0.336 e. The summed E-state index contributed by atoms with van der Waals surface area (Å²) in [6, 6.07) is 3.77. The van der Waals surface area contributed by atoms with Crippen molar-refractivity contribution in [3.8, 4) is 0 Å². The van der Waals surface area contributed by atoms with Gasteiger partial charge in [-0.2, -0.15) is 4.89 Å². The number of aromatic carboxylic acids is 1. The molecule has 9 heteroatoms. The second-order valence-electron chi connectivity index (χ2n) is 5.08. The minimum atomic E-state index is -1.37. The summed E-state index contributed by atoms with van der Waals surface area (Å²) in [5.74, 6) is -4.61. The number of unbranched alkanes of at least 4 members (excludes halogenated alkanes) is 1. The van der Waals surface area contributed by atoms with Gasteiger partial charge in [0.1, 0.15) is 0 Å². The van der Waals surface area contributed by atoms with Crippen molar-refractivity contribution in [1.82, 2.24) is 5.06 Å². The summed E-state index contributed by atoms with van der Waals surface area (Å²) in [5, 5.41) is 18.3. The number of imide groups is 1. The number of carbonyl (C=O) groups excluding carboxylic acids is 2. The normalized spacial score (nSPS) is 14.6. The summed E-state index contributed by atoms with van der Waals surface area (Å²) in [7, 11) is 0. The average molecular weight is 337 g/mol. The van der Waals surface area contributed by atoms with Crippen molar-refractivity contribution in [3.05, 3.63) is 34.9 Å². The molecular formula is C15H15NO8. The maximum absolute atomic E-state index is 12.2. The summed E-state index contributed by atoms with van der Waals surface area (Å²) >= 11 is 0. The zero-order valence-corrected chi connectivity index (χ0v) is 12.7. The molecule has 0 bridgehead atoms. The van der Waals surface area contributed by atoms with Crippen molar-refractivity contribution in [1.29, 1.82) is 0 Å². The molecule has 1 aromatic rings. The van der Waals surface area contributed by atoms with Crippen LogP contribution in [0.3, 0.4) is 0 Å². The van der Waals surface area contributed by atoms with Crippen molar-refractivity contribution in [2.45, 2.75) is 32.3 Å². The number of carbonyl (C=O) groups is 4. The Kier molecular flexibility index (Phi) is 5.27. The summed E-state index contributed by atoms with van der Waals surface area (Å²) in [6.07, 6.45) is 0.0524. The van der Waals surface area contributed by atoms with Crippen LogP contribution >= 0.6 is 0 Å². The van der Waals surface area contributed by atoms with E-state index in [9.17, 15) is 19.2 Å². The van der Waals surface area contributed by atoms with E-state index in [4.69, 9.17) is 15.1 Å². The predicted octanol–water partition coefficient (Wildman–Crippen LogP) is 1.49. The van der Waals surface area contributed by atoms with Gasteiger partial charge < -0.3 is 10.2 Å². The van der Waals surface area contributed by atoms with Gasteiger partial charge >= 0.3 is 11.9 Å². The Morgan fingerprint density at radius 1 is 1.21 bits per heavy atom. The second-order valence-corrected chi connectivity index (χ2v) is 5.08. The Labute approximate surface area is 136 Å². The van der Waals surface area contributed by atoms with Gasteiger partial charge in [-0.05, 0) is 18.6 Å². The highest BCUT2D eigenvalue weighted by Gasteiger charge is 2.41. The number of fused-ring (bicyclic) bond motifs is 1. The van der Waals surface area contributed by atoms with E-state index < -0.39 is 29.9 Å². The molecule has 1 aliphatic rings. The molecule has 0 radical (unpaired) electrons. The molecule has 24 heavy (non-hydrogen) atoms. The Morgan fingerprint density at radius 3 is 2.50 bits per heavy atom. The van der Waals surface area contributed by atoms with Crippen LogP contribution in [0.4, 0.5) is 0 Å². The van der Waals surface area contributed by atoms with Gasteiger partial charge in [0.25, 0.3) is 11.8 Å². The van der Waals surface area contributed by atoms with Gasteiger partial charge in [0, 0.05) is 0 Å². The van der Waals surface area contributed by atoms with Crippen LogP contribution in [-0.4, -0.2) is 45.1 Å². The number of hydroxylamine groups is 2. The van der Waals surface area contributed by atoms with Crippen molar-refractivity contribution >= 4 is 23.8 Å².